The van der Waals surface area contributed by atoms with Gasteiger partial charge in [0.2, 0.25) is 0 Å². The van der Waals surface area contributed by atoms with Gasteiger partial charge in [0.05, 0.1) is 6.10 Å². The van der Waals surface area contributed by atoms with Crippen LogP contribution in [0.3, 0.4) is 0 Å². The Kier molecular flexibility index (Phi) is 1.17. The molecule has 0 aromatic heterocycles. The Morgan fingerprint density at radius 3 is 2.83 bits per heavy atom. The first kappa shape index (κ1) is 6.67. The molecule has 1 nitrogen and oxygen atoms in total. The molecule has 1 aromatic rings. The molecule has 1 saturated heterocycles. The van der Waals surface area contributed by atoms with Gasteiger partial charge in [0.15, 0.2) is 0 Å². The molecule has 1 aromatic carbocycles. The molecule has 1 heterocycles. The highest BCUT2D eigenvalue weighted by Gasteiger charge is 2.45. The minimum Gasteiger partial charge on any atom is -0.364 e. The van der Waals surface area contributed by atoms with E-state index in [9.17, 15) is 0 Å². The molecule has 3 unspecified atom stereocenters. The Labute approximate surface area is 72.4 Å². The lowest BCUT2D eigenvalue weighted by atomic mass is 9.84. The van der Waals surface area contributed by atoms with Crippen LogP contribution in [0.15, 0.2) is 24.3 Å². The monoisotopic (exact) mass is 160 g/mol. The van der Waals surface area contributed by atoms with Crippen LogP contribution in [0.4, 0.5) is 0 Å². The summed E-state index contributed by atoms with van der Waals surface area (Å²) in [6.07, 6.45) is 2.19. The second-order valence-corrected chi connectivity index (χ2v) is 3.86. The summed E-state index contributed by atoms with van der Waals surface area (Å²) in [5, 5.41) is 0. The fourth-order valence-electron chi connectivity index (χ4n) is 2.29. The van der Waals surface area contributed by atoms with Gasteiger partial charge >= 0.3 is 0 Å². The fraction of sp³-hybridized carbons (Fsp3) is 0.455. The molecule has 0 saturated carbocycles. The second-order valence-electron chi connectivity index (χ2n) is 3.86. The third-order valence-corrected chi connectivity index (χ3v) is 3.00. The fourth-order valence-corrected chi connectivity index (χ4v) is 2.29. The van der Waals surface area contributed by atoms with Crippen molar-refractivity contribution < 1.29 is 4.74 Å². The summed E-state index contributed by atoms with van der Waals surface area (Å²) < 4.78 is 5.57. The normalized spacial score (nSPS) is 36.9. The van der Waals surface area contributed by atoms with Crippen molar-refractivity contribution in [3.63, 3.8) is 0 Å². The van der Waals surface area contributed by atoms with Crippen molar-refractivity contribution in [3.8, 4) is 0 Å². The molecule has 2 aliphatic rings. The first-order valence-electron chi connectivity index (χ1n) is 4.60. The first-order chi connectivity index (χ1) is 5.86. The molecular weight excluding hydrogens is 148 g/mol. The van der Waals surface area contributed by atoms with Gasteiger partial charge in [-0.2, -0.15) is 0 Å². The Bertz CT molecular complexity index is 304. The van der Waals surface area contributed by atoms with Crippen LogP contribution in [0.2, 0.25) is 0 Å². The molecule has 0 spiro atoms. The van der Waals surface area contributed by atoms with Crippen molar-refractivity contribution in [1.29, 1.82) is 0 Å². The summed E-state index contributed by atoms with van der Waals surface area (Å²) in [6, 6.07) is 8.67. The maximum atomic E-state index is 5.57. The molecule has 1 aliphatic carbocycles. The van der Waals surface area contributed by atoms with Gasteiger partial charge in [-0.1, -0.05) is 31.2 Å². The summed E-state index contributed by atoms with van der Waals surface area (Å²) in [6.45, 7) is 2.29. The SMILES string of the molecule is CC1CC2OC2c2ccccc21. The average Bonchev–Trinajstić information content (AvgIpc) is 2.84. The highest BCUT2D eigenvalue weighted by Crippen LogP contribution is 2.50. The van der Waals surface area contributed by atoms with Gasteiger partial charge in [-0.3, -0.25) is 0 Å². The molecule has 1 aliphatic heterocycles. The van der Waals surface area contributed by atoms with E-state index < -0.39 is 0 Å². The summed E-state index contributed by atoms with van der Waals surface area (Å²) in [7, 11) is 0. The third kappa shape index (κ3) is 0.774. The zero-order valence-corrected chi connectivity index (χ0v) is 7.16. The van der Waals surface area contributed by atoms with Crippen LogP contribution < -0.4 is 0 Å². The van der Waals surface area contributed by atoms with Gasteiger partial charge in [-0.25, -0.2) is 0 Å². The van der Waals surface area contributed by atoms with Crippen LogP contribution in [0.1, 0.15) is 36.5 Å². The van der Waals surface area contributed by atoms with Gasteiger partial charge in [-0.15, -0.1) is 0 Å². The van der Waals surface area contributed by atoms with Gasteiger partial charge in [0.1, 0.15) is 6.10 Å². The minimum absolute atomic E-state index is 0.442. The van der Waals surface area contributed by atoms with Crippen molar-refractivity contribution in [1.82, 2.24) is 0 Å². The zero-order chi connectivity index (χ0) is 8.13. The molecule has 1 fully saturated rings. The quantitative estimate of drug-likeness (QED) is 0.531. The number of hydrogen-bond donors (Lipinski definition) is 0. The maximum absolute atomic E-state index is 5.57. The summed E-state index contributed by atoms with van der Waals surface area (Å²) in [5.74, 6) is 0.685. The lowest BCUT2D eigenvalue weighted by Crippen LogP contribution is -2.08. The zero-order valence-electron chi connectivity index (χ0n) is 7.16. The lowest BCUT2D eigenvalue weighted by Gasteiger charge is -2.18. The molecule has 3 rings (SSSR count). The van der Waals surface area contributed by atoms with E-state index in [2.05, 4.69) is 31.2 Å². The number of hydrogen-bond acceptors (Lipinski definition) is 1. The number of ether oxygens (including phenoxy) is 1. The van der Waals surface area contributed by atoms with Crippen LogP contribution in [-0.2, 0) is 4.74 Å². The first-order valence-corrected chi connectivity index (χ1v) is 4.60. The van der Waals surface area contributed by atoms with E-state index in [0.717, 1.165) is 0 Å². The van der Waals surface area contributed by atoms with Crippen molar-refractivity contribution >= 4 is 0 Å². The van der Waals surface area contributed by atoms with Crippen molar-refractivity contribution in [2.45, 2.75) is 31.5 Å². The Morgan fingerprint density at radius 2 is 2.00 bits per heavy atom. The smallest absolute Gasteiger partial charge is 0.109 e. The molecule has 0 N–H and O–H groups in total. The Hall–Kier alpha value is -0.820. The highest BCUT2D eigenvalue weighted by atomic mass is 16.6. The number of benzene rings is 1. The molecule has 12 heavy (non-hydrogen) atoms. The largest absolute Gasteiger partial charge is 0.364 e. The van der Waals surface area contributed by atoms with Crippen LogP contribution in [0.25, 0.3) is 0 Å². The van der Waals surface area contributed by atoms with E-state index in [1.165, 1.54) is 17.5 Å². The van der Waals surface area contributed by atoms with E-state index in [0.29, 0.717) is 18.1 Å². The van der Waals surface area contributed by atoms with Gasteiger partial charge < -0.3 is 4.74 Å². The maximum Gasteiger partial charge on any atom is 0.109 e. The number of rotatable bonds is 0. The van der Waals surface area contributed by atoms with E-state index in [1.54, 1.807) is 0 Å². The summed E-state index contributed by atoms with van der Waals surface area (Å²) in [4.78, 5) is 0. The predicted molar refractivity (Wildman–Crippen MR) is 47.1 cm³/mol. The van der Waals surface area contributed by atoms with E-state index in [-0.39, 0.29) is 0 Å². The van der Waals surface area contributed by atoms with Gasteiger partial charge in [-0.05, 0) is 23.5 Å². The van der Waals surface area contributed by atoms with Crippen LogP contribution in [0.5, 0.6) is 0 Å². The number of fused-ring (bicyclic) bond motifs is 3. The lowest BCUT2D eigenvalue weighted by molar-refractivity contribution is 0.367. The van der Waals surface area contributed by atoms with E-state index in [1.807, 2.05) is 0 Å². The average molecular weight is 160 g/mol. The van der Waals surface area contributed by atoms with Crippen LogP contribution in [0, 0.1) is 0 Å². The van der Waals surface area contributed by atoms with Crippen molar-refractivity contribution in [2.75, 3.05) is 0 Å². The Morgan fingerprint density at radius 1 is 1.25 bits per heavy atom. The van der Waals surface area contributed by atoms with Crippen LogP contribution in [-0.4, -0.2) is 6.10 Å². The molecule has 0 amide bonds. The summed E-state index contributed by atoms with van der Waals surface area (Å²) in [5.41, 5.74) is 2.93. The summed E-state index contributed by atoms with van der Waals surface area (Å²) >= 11 is 0. The number of epoxide rings is 1. The van der Waals surface area contributed by atoms with Gasteiger partial charge in [0, 0.05) is 0 Å². The minimum atomic E-state index is 0.442. The molecule has 3 atom stereocenters. The second kappa shape index (κ2) is 2.11. The molecule has 0 radical (unpaired) electrons. The van der Waals surface area contributed by atoms with Crippen molar-refractivity contribution in [2.24, 2.45) is 0 Å². The molecular formula is C11H12O. The van der Waals surface area contributed by atoms with Crippen LogP contribution >= 0.6 is 0 Å². The standard InChI is InChI=1S/C11H12O/c1-7-6-10-11(12-10)9-5-3-2-4-8(7)9/h2-5,7,10-11H,6H2,1H3. The van der Waals surface area contributed by atoms with E-state index >= 15 is 0 Å². The molecule has 0 bridgehead atoms. The topological polar surface area (TPSA) is 12.5 Å². The Balaban J connectivity index is 2.15. The van der Waals surface area contributed by atoms with E-state index in [4.69, 9.17) is 4.74 Å². The molecule has 1 heteroatoms. The van der Waals surface area contributed by atoms with Crippen molar-refractivity contribution in [3.05, 3.63) is 35.4 Å². The predicted octanol–water partition coefficient (Wildman–Crippen LogP) is 2.63. The highest BCUT2D eigenvalue weighted by molar-refractivity contribution is 5.37. The van der Waals surface area contributed by atoms with Gasteiger partial charge in [0.25, 0.3) is 0 Å². The molecule has 62 valence electrons. The third-order valence-electron chi connectivity index (χ3n) is 3.00.